The molecule has 0 saturated heterocycles. The van der Waals surface area contributed by atoms with Crippen LogP contribution in [0.25, 0.3) is 0 Å². The number of hydrogen-bond donors (Lipinski definition) is 2. The van der Waals surface area contributed by atoms with Crippen LogP contribution in [0.5, 0.6) is 5.75 Å². The molecule has 0 atom stereocenters. The van der Waals surface area contributed by atoms with Crippen molar-refractivity contribution in [3.05, 3.63) is 57.0 Å². The van der Waals surface area contributed by atoms with E-state index >= 15 is 0 Å². The van der Waals surface area contributed by atoms with Crippen LogP contribution in [0.15, 0.2) is 36.4 Å². The zero-order valence-electron chi connectivity index (χ0n) is 9.45. The van der Waals surface area contributed by atoms with Gasteiger partial charge in [0, 0.05) is 10.6 Å². The van der Waals surface area contributed by atoms with Crippen LogP contribution >= 0.6 is 34.8 Å². The number of nitrogens with one attached hydrogen (secondary N) is 1. The second-order valence-corrected chi connectivity index (χ2v) is 5.00. The highest BCUT2D eigenvalue weighted by Crippen LogP contribution is 2.34. The summed E-state index contributed by atoms with van der Waals surface area (Å²) in [5.41, 5.74) is 0.572. The summed E-state index contributed by atoms with van der Waals surface area (Å²) in [6.07, 6.45) is 0. The van der Waals surface area contributed by atoms with E-state index in [4.69, 9.17) is 34.8 Å². The quantitative estimate of drug-likeness (QED) is 0.850. The molecule has 0 aliphatic carbocycles. The summed E-state index contributed by atoms with van der Waals surface area (Å²) < 4.78 is 0. The van der Waals surface area contributed by atoms with Crippen LogP contribution in [0.3, 0.4) is 0 Å². The van der Waals surface area contributed by atoms with Gasteiger partial charge in [0.1, 0.15) is 5.75 Å². The Labute approximate surface area is 124 Å². The fraction of sp³-hybridized carbons (Fsp3) is 0. The van der Waals surface area contributed by atoms with Gasteiger partial charge >= 0.3 is 0 Å². The lowest BCUT2D eigenvalue weighted by Crippen LogP contribution is -2.12. The summed E-state index contributed by atoms with van der Waals surface area (Å²) in [6, 6.07) is 8.90. The Morgan fingerprint density at radius 1 is 1.05 bits per heavy atom. The Kier molecular flexibility index (Phi) is 4.20. The highest BCUT2D eigenvalue weighted by molar-refractivity contribution is 6.42. The van der Waals surface area contributed by atoms with Gasteiger partial charge in [-0.05, 0) is 30.3 Å². The third kappa shape index (κ3) is 3.32. The summed E-state index contributed by atoms with van der Waals surface area (Å²) in [5, 5.41) is 12.8. The van der Waals surface area contributed by atoms with Crippen LogP contribution in [-0.2, 0) is 0 Å². The average Bonchev–Trinajstić information content (AvgIpc) is 2.33. The van der Waals surface area contributed by atoms with Crippen molar-refractivity contribution >= 4 is 46.4 Å². The molecule has 3 nitrogen and oxygen atoms in total. The molecule has 0 aliphatic rings. The zero-order chi connectivity index (χ0) is 14.0. The molecule has 2 rings (SSSR count). The molecule has 0 bridgehead atoms. The van der Waals surface area contributed by atoms with Gasteiger partial charge in [0.05, 0.1) is 15.7 Å². The van der Waals surface area contributed by atoms with E-state index < -0.39 is 5.91 Å². The molecule has 0 spiro atoms. The van der Waals surface area contributed by atoms with E-state index in [2.05, 4.69) is 5.32 Å². The number of aromatic hydroxyl groups is 1. The molecular weight excluding hydrogens is 309 g/mol. The van der Waals surface area contributed by atoms with E-state index in [1.165, 1.54) is 24.3 Å². The smallest absolute Gasteiger partial charge is 0.255 e. The van der Waals surface area contributed by atoms with Crippen LogP contribution in [0.2, 0.25) is 15.1 Å². The first-order valence-electron chi connectivity index (χ1n) is 5.22. The number of hydrogen-bond acceptors (Lipinski definition) is 2. The predicted octanol–water partition coefficient (Wildman–Crippen LogP) is 4.60. The second kappa shape index (κ2) is 5.70. The number of rotatable bonds is 2. The maximum Gasteiger partial charge on any atom is 0.255 e. The number of carbonyl (C=O) groups excluding carboxylic acids is 1. The Morgan fingerprint density at radius 3 is 2.26 bits per heavy atom. The number of anilines is 1. The Bertz CT molecular complexity index is 621. The number of amides is 1. The first-order valence-corrected chi connectivity index (χ1v) is 6.35. The average molecular weight is 317 g/mol. The molecule has 98 valence electrons. The van der Waals surface area contributed by atoms with Gasteiger partial charge in [-0.2, -0.15) is 0 Å². The second-order valence-electron chi connectivity index (χ2n) is 3.75. The molecule has 2 aromatic rings. The number of carbonyl (C=O) groups is 1. The minimum absolute atomic E-state index is 0.000880. The Balaban J connectivity index is 2.29. The van der Waals surface area contributed by atoms with E-state index in [9.17, 15) is 9.90 Å². The lowest BCUT2D eigenvalue weighted by atomic mass is 10.2. The number of phenols is 1. The summed E-state index contributed by atoms with van der Waals surface area (Å²) in [6.45, 7) is 0. The number of benzene rings is 2. The van der Waals surface area contributed by atoms with Crippen LogP contribution in [0, 0.1) is 0 Å². The molecule has 0 aliphatic heterocycles. The summed E-state index contributed by atoms with van der Waals surface area (Å²) in [5.74, 6) is -0.428. The molecule has 0 heterocycles. The zero-order valence-corrected chi connectivity index (χ0v) is 11.7. The van der Waals surface area contributed by atoms with Crippen LogP contribution < -0.4 is 5.32 Å². The minimum atomic E-state index is -0.429. The maximum absolute atomic E-state index is 12.0. The molecule has 1 amide bonds. The van der Waals surface area contributed by atoms with Crippen LogP contribution in [0.4, 0.5) is 5.69 Å². The third-order valence-corrected chi connectivity index (χ3v) is 3.17. The molecule has 2 aromatic carbocycles. The summed E-state index contributed by atoms with van der Waals surface area (Å²) in [7, 11) is 0. The van der Waals surface area contributed by atoms with Crippen LogP contribution in [0.1, 0.15) is 10.4 Å². The maximum atomic E-state index is 12.0. The van der Waals surface area contributed by atoms with Crippen molar-refractivity contribution < 1.29 is 9.90 Å². The highest BCUT2D eigenvalue weighted by Gasteiger charge is 2.13. The molecule has 0 radical (unpaired) electrons. The van der Waals surface area contributed by atoms with Crippen molar-refractivity contribution in [2.75, 3.05) is 5.32 Å². The van der Waals surface area contributed by atoms with Gasteiger partial charge in [-0.15, -0.1) is 0 Å². The normalized spacial score (nSPS) is 10.3. The van der Waals surface area contributed by atoms with Gasteiger partial charge in [0.15, 0.2) is 0 Å². The lowest BCUT2D eigenvalue weighted by Gasteiger charge is -2.10. The molecule has 19 heavy (non-hydrogen) atoms. The van der Waals surface area contributed by atoms with Gasteiger partial charge in [0.25, 0.3) is 5.91 Å². The van der Waals surface area contributed by atoms with Gasteiger partial charge in [-0.3, -0.25) is 4.79 Å². The van der Waals surface area contributed by atoms with E-state index in [1.54, 1.807) is 12.1 Å². The topological polar surface area (TPSA) is 49.3 Å². The van der Waals surface area contributed by atoms with Crippen molar-refractivity contribution in [2.24, 2.45) is 0 Å². The van der Waals surface area contributed by atoms with E-state index in [0.717, 1.165) is 0 Å². The molecule has 0 saturated carbocycles. The van der Waals surface area contributed by atoms with Crippen LogP contribution in [-0.4, -0.2) is 11.0 Å². The molecular formula is C13H8Cl3NO2. The molecule has 0 unspecified atom stereocenters. The Hall–Kier alpha value is -1.42. The van der Waals surface area contributed by atoms with E-state index in [1.807, 2.05) is 0 Å². The molecule has 2 N–H and O–H groups in total. The number of phenolic OH excluding ortho intramolecular Hbond substituents is 1. The van der Waals surface area contributed by atoms with Gasteiger partial charge in [0.2, 0.25) is 0 Å². The molecule has 6 heteroatoms. The fourth-order valence-corrected chi connectivity index (χ4v) is 2.41. The van der Waals surface area contributed by atoms with Gasteiger partial charge in [-0.1, -0.05) is 40.9 Å². The lowest BCUT2D eigenvalue weighted by molar-refractivity contribution is 0.102. The largest absolute Gasteiger partial charge is 0.508 e. The fourth-order valence-electron chi connectivity index (χ4n) is 1.49. The van der Waals surface area contributed by atoms with Crippen molar-refractivity contribution in [2.45, 2.75) is 0 Å². The first kappa shape index (κ1) is 14.0. The van der Waals surface area contributed by atoms with Gasteiger partial charge in [-0.25, -0.2) is 0 Å². The standard InChI is InChI=1S/C13H8Cl3NO2/c14-8-5-10(15)12(11(16)6-8)17-13(19)7-2-1-3-9(18)4-7/h1-6,18H,(H,17,19). The third-order valence-electron chi connectivity index (χ3n) is 2.35. The highest BCUT2D eigenvalue weighted by atomic mass is 35.5. The minimum Gasteiger partial charge on any atom is -0.508 e. The molecule has 0 aromatic heterocycles. The summed E-state index contributed by atoms with van der Waals surface area (Å²) >= 11 is 17.7. The first-order chi connectivity index (χ1) is 8.97. The summed E-state index contributed by atoms with van der Waals surface area (Å²) in [4.78, 5) is 12.0. The van der Waals surface area contributed by atoms with Crippen molar-refractivity contribution in [3.8, 4) is 5.75 Å². The van der Waals surface area contributed by atoms with Crippen molar-refractivity contribution in [1.82, 2.24) is 0 Å². The number of halogens is 3. The predicted molar refractivity (Wildman–Crippen MR) is 77.5 cm³/mol. The van der Waals surface area contributed by atoms with Crippen molar-refractivity contribution in [1.29, 1.82) is 0 Å². The monoisotopic (exact) mass is 315 g/mol. The van der Waals surface area contributed by atoms with E-state index in [-0.39, 0.29) is 21.5 Å². The Morgan fingerprint density at radius 2 is 1.68 bits per heavy atom. The van der Waals surface area contributed by atoms with Gasteiger partial charge < -0.3 is 10.4 Å². The van der Waals surface area contributed by atoms with E-state index in [0.29, 0.717) is 10.6 Å². The van der Waals surface area contributed by atoms with Crippen molar-refractivity contribution in [3.63, 3.8) is 0 Å². The SMILES string of the molecule is O=C(Nc1c(Cl)cc(Cl)cc1Cl)c1cccc(O)c1. The molecule has 0 fully saturated rings.